The van der Waals surface area contributed by atoms with E-state index in [1.165, 1.54) is 12.4 Å². The van der Waals surface area contributed by atoms with Crippen molar-refractivity contribution in [2.24, 2.45) is 0 Å². The highest BCUT2D eigenvalue weighted by molar-refractivity contribution is 5.94. The summed E-state index contributed by atoms with van der Waals surface area (Å²) < 4.78 is 5.47. The van der Waals surface area contributed by atoms with Gasteiger partial charge in [0.2, 0.25) is 0 Å². The third kappa shape index (κ3) is 3.75. The highest BCUT2D eigenvalue weighted by Crippen LogP contribution is 2.17. The van der Waals surface area contributed by atoms with Crippen LogP contribution in [0.5, 0.6) is 0 Å². The molecular formula is C17H17N3O4. The second-order valence-electron chi connectivity index (χ2n) is 5.52. The molecule has 2 aromatic rings. The zero-order chi connectivity index (χ0) is 16.9. The predicted octanol–water partition coefficient (Wildman–Crippen LogP) is 1.75. The Balaban J connectivity index is 1.67. The standard InChI is InChI=1S/C17H17N3O4/c21-16(19-8-13-2-1-7-24-13)12-5-3-11(4-6-12)14-9-18-10-15(20-14)17(22)23/h3-6,9-10,13H,1-2,7-8H2,(H,19,21)(H,22,23)/t13-/m0/s1. The molecule has 0 unspecified atom stereocenters. The maximum absolute atomic E-state index is 12.1. The minimum atomic E-state index is -1.13. The van der Waals surface area contributed by atoms with Gasteiger partial charge in [-0.05, 0) is 25.0 Å². The Kier molecular flexibility index (Phi) is 4.81. The van der Waals surface area contributed by atoms with Crippen molar-refractivity contribution in [3.05, 3.63) is 47.9 Å². The predicted molar refractivity (Wildman–Crippen MR) is 85.7 cm³/mol. The van der Waals surface area contributed by atoms with E-state index in [1.807, 2.05) is 0 Å². The van der Waals surface area contributed by atoms with E-state index in [0.717, 1.165) is 19.4 Å². The summed E-state index contributed by atoms with van der Waals surface area (Å²) in [6, 6.07) is 6.79. The van der Waals surface area contributed by atoms with Crippen LogP contribution in [-0.2, 0) is 4.74 Å². The summed E-state index contributed by atoms with van der Waals surface area (Å²) in [7, 11) is 0. The molecule has 1 aromatic carbocycles. The molecule has 124 valence electrons. The van der Waals surface area contributed by atoms with Crippen molar-refractivity contribution in [1.82, 2.24) is 15.3 Å². The fourth-order valence-corrected chi connectivity index (χ4v) is 2.51. The number of amides is 1. The van der Waals surface area contributed by atoms with Crippen LogP contribution >= 0.6 is 0 Å². The molecule has 0 aliphatic carbocycles. The lowest BCUT2D eigenvalue weighted by molar-refractivity contribution is 0.0690. The number of rotatable bonds is 5. The molecule has 2 heterocycles. The Morgan fingerprint density at radius 2 is 2.04 bits per heavy atom. The molecule has 0 spiro atoms. The van der Waals surface area contributed by atoms with Crippen LogP contribution in [-0.4, -0.2) is 46.2 Å². The highest BCUT2D eigenvalue weighted by atomic mass is 16.5. The first kappa shape index (κ1) is 16.1. The molecule has 1 aliphatic heterocycles. The average molecular weight is 327 g/mol. The third-order valence-corrected chi connectivity index (χ3v) is 3.81. The van der Waals surface area contributed by atoms with Crippen LogP contribution in [0.3, 0.4) is 0 Å². The van der Waals surface area contributed by atoms with Crippen LogP contribution in [0.15, 0.2) is 36.7 Å². The van der Waals surface area contributed by atoms with Gasteiger partial charge in [0, 0.05) is 24.3 Å². The number of carbonyl (C=O) groups is 2. The monoisotopic (exact) mass is 327 g/mol. The second kappa shape index (κ2) is 7.18. The van der Waals surface area contributed by atoms with E-state index in [1.54, 1.807) is 24.3 Å². The summed E-state index contributed by atoms with van der Waals surface area (Å²) in [5, 5.41) is 11.8. The van der Waals surface area contributed by atoms with Gasteiger partial charge in [-0.25, -0.2) is 9.78 Å². The summed E-state index contributed by atoms with van der Waals surface area (Å²) in [6.07, 6.45) is 4.78. The quantitative estimate of drug-likeness (QED) is 0.867. The van der Waals surface area contributed by atoms with Gasteiger partial charge in [0.1, 0.15) is 0 Å². The lowest BCUT2D eigenvalue weighted by Crippen LogP contribution is -2.31. The number of hydrogen-bond acceptors (Lipinski definition) is 5. The largest absolute Gasteiger partial charge is 0.476 e. The van der Waals surface area contributed by atoms with E-state index in [2.05, 4.69) is 15.3 Å². The molecule has 1 atom stereocenters. The van der Waals surface area contributed by atoms with Crippen molar-refractivity contribution >= 4 is 11.9 Å². The van der Waals surface area contributed by atoms with Gasteiger partial charge < -0.3 is 15.2 Å². The summed E-state index contributed by atoms with van der Waals surface area (Å²) in [6.45, 7) is 1.26. The van der Waals surface area contributed by atoms with Crippen LogP contribution in [0.1, 0.15) is 33.7 Å². The van der Waals surface area contributed by atoms with Gasteiger partial charge in [-0.3, -0.25) is 9.78 Å². The topological polar surface area (TPSA) is 101 Å². The first-order chi connectivity index (χ1) is 11.6. The van der Waals surface area contributed by atoms with Crippen LogP contribution in [0, 0.1) is 0 Å². The molecule has 1 amide bonds. The molecule has 1 fully saturated rings. The van der Waals surface area contributed by atoms with Crippen LogP contribution < -0.4 is 5.32 Å². The van der Waals surface area contributed by atoms with Crippen molar-refractivity contribution in [1.29, 1.82) is 0 Å². The first-order valence-electron chi connectivity index (χ1n) is 7.69. The van der Waals surface area contributed by atoms with Gasteiger partial charge in [-0.15, -0.1) is 0 Å². The Morgan fingerprint density at radius 3 is 2.71 bits per heavy atom. The number of ether oxygens (including phenoxy) is 1. The molecule has 0 saturated carbocycles. The van der Waals surface area contributed by atoms with Gasteiger partial charge in [0.25, 0.3) is 5.91 Å². The Labute approximate surface area is 138 Å². The molecule has 2 N–H and O–H groups in total. The SMILES string of the molecule is O=C(NC[C@@H]1CCCO1)c1ccc(-c2cncc(C(=O)O)n2)cc1. The molecule has 0 bridgehead atoms. The number of aromatic nitrogens is 2. The van der Waals surface area contributed by atoms with Gasteiger partial charge >= 0.3 is 5.97 Å². The molecule has 1 aliphatic rings. The minimum Gasteiger partial charge on any atom is -0.476 e. The smallest absolute Gasteiger partial charge is 0.356 e. The summed E-state index contributed by atoms with van der Waals surface area (Å²) in [4.78, 5) is 31.0. The zero-order valence-electron chi connectivity index (χ0n) is 12.9. The number of carbonyl (C=O) groups excluding carboxylic acids is 1. The summed E-state index contributed by atoms with van der Waals surface area (Å²) in [5.41, 5.74) is 1.55. The maximum atomic E-state index is 12.1. The second-order valence-corrected chi connectivity index (χ2v) is 5.52. The Morgan fingerprint density at radius 1 is 1.25 bits per heavy atom. The van der Waals surface area contributed by atoms with Gasteiger partial charge in [0.15, 0.2) is 5.69 Å². The number of aromatic carboxylic acids is 1. The van der Waals surface area contributed by atoms with E-state index in [-0.39, 0.29) is 17.7 Å². The van der Waals surface area contributed by atoms with Crippen molar-refractivity contribution in [3.63, 3.8) is 0 Å². The third-order valence-electron chi connectivity index (χ3n) is 3.81. The highest BCUT2D eigenvalue weighted by Gasteiger charge is 2.16. The molecule has 1 saturated heterocycles. The fourth-order valence-electron chi connectivity index (χ4n) is 2.51. The number of hydrogen-bond donors (Lipinski definition) is 2. The van der Waals surface area contributed by atoms with E-state index >= 15 is 0 Å². The van der Waals surface area contributed by atoms with Gasteiger partial charge in [-0.1, -0.05) is 12.1 Å². The lowest BCUT2D eigenvalue weighted by Gasteiger charge is -2.11. The maximum Gasteiger partial charge on any atom is 0.356 e. The molecular weight excluding hydrogens is 310 g/mol. The Hall–Kier alpha value is -2.80. The number of carboxylic acid groups (broad SMARTS) is 1. The van der Waals surface area contributed by atoms with E-state index in [9.17, 15) is 9.59 Å². The molecule has 7 heteroatoms. The van der Waals surface area contributed by atoms with Crippen LogP contribution in [0.4, 0.5) is 0 Å². The van der Waals surface area contributed by atoms with Crippen molar-refractivity contribution in [2.75, 3.05) is 13.2 Å². The number of nitrogens with one attached hydrogen (secondary N) is 1. The zero-order valence-corrected chi connectivity index (χ0v) is 12.9. The van der Waals surface area contributed by atoms with Crippen molar-refractivity contribution in [3.8, 4) is 11.3 Å². The lowest BCUT2D eigenvalue weighted by atomic mass is 10.1. The Bertz CT molecular complexity index is 740. The van der Waals surface area contributed by atoms with Crippen molar-refractivity contribution in [2.45, 2.75) is 18.9 Å². The van der Waals surface area contributed by atoms with E-state index in [0.29, 0.717) is 23.4 Å². The molecule has 1 aromatic heterocycles. The minimum absolute atomic E-state index is 0.0993. The number of carboxylic acids is 1. The fraction of sp³-hybridized carbons (Fsp3) is 0.294. The molecule has 7 nitrogen and oxygen atoms in total. The van der Waals surface area contributed by atoms with Crippen molar-refractivity contribution < 1.29 is 19.4 Å². The summed E-state index contributed by atoms with van der Waals surface area (Å²) in [5.74, 6) is -1.29. The molecule has 0 radical (unpaired) electrons. The van der Waals surface area contributed by atoms with Gasteiger partial charge in [0.05, 0.1) is 24.2 Å². The summed E-state index contributed by atoms with van der Waals surface area (Å²) >= 11 is 0. The molecule has 3 rings (SSSR count). The number of benzene rings is 1. The van der Waals surface area contributed by atoms with E-state index in [4.69, 9.17) is 9.84 Å². The average Bonchev–Trinajstić information content (AvgIpc) is 3.13. The normalized spacial score (nSPS) is 16.8. The van der Waals surface area contributed by atoms with E-state index < -0.39 is 5.97 Å². The van der Waals surface area contributed by atoms with Crippen LogP contribution in [0.25, 0.3) is 11.3 Å². The number of nitrogens with zero attached hydrogens (tertiary/aromatic N) is 2. The first-order valence-corrected chi connectivity index (χ1v) is 7.69. The van der Waals surface area contributed by atoms with Crippen LogP contribution in [0.2, 0.25) is 0 Å². The van der Waals surface area contributed by atoms with Gasteiger partial charge in [-0.2, -0.15) is 0 Å². The molecule has 24 heavy (non-hydrogen) atoms.